The molecule has 0 fully saturated rings. The van der Waals surface area contributed by atoms with Crippen molar-refractivity contribution in [2.45, 2.75) is 19.4 Å². The predicted molar refractivity (Wildman–Crippen MR) is 58.4 cm³/mol. The lowest BCUT2D eigenvalue weighted by atomic mass is 10.2. The van der Waals surface area contributed by atoms with Crippen LogP contribution in [0.15, 0.2) is 6.07 Å². The van der Waals surface area contributed by atoms with E-state index in [0.717, 1.165) is 0 Å². The smallest absolute Gasteiger partial charge is 0.239 e. The van der Waals surface area contributed by atoms with E-state index in [1.165, 1.54) is 6.07 Å². The molecule has 5 N–H and O–H groups in total. The van der Waals surface area contributed by atoms with E-state index in [9.17, 15) is 4.79 Å². The van der Waals surface area contributed by atoms with Gasteiger partial charge in [-0.05, 0) is 6.42 Å². The maximum Gasteiger partial charge on any atom is 0.239 e. The molecule has 1 heterocycles. The molecule has 0 aliphatic carbocycles. The first kappa shape index (κ1) is 11.5. The SMILES string of the molecule is CCC(Nc1cc(Cl)nc(N)n1)C(N)=O. The van der Waals surface area contributed by atoms with E-state index in [0.29, 0.717) is 12.2 Å². The van der Waals surface area contributed by atoms with Crippen molar-refractivity contribution in [3.63, 3.8) is 0 Å². The van der Waals surface area contributed by atoms with E-state index in [1.54, 1.807) is 0 Å². The largest absolute Gasteiger partial charge is 0.368 e. The van der Waals surface area contributed by atoms with Gasteiger partial charge in [-0.2, -0.15) is 4.98 Å². The summed E-state index contributed by atoms with van der Waals surface area (Å²) in [4.78, 5) is 18.5. The van der Waals surface area contributed by atoms with E-state index < -0.39 is 11.9 Å². The standard InChI is InChI=1S/C8H12ClN5O/c1-2-4(7(10)15)12-6-3-5(9)13-8(11)14-6/h3-4H,2H2,1H3,(H2,10,15)(H3,11,12,13,14). The Hall–Kier alpha value is -1.56. The molecule has 0 saturated carbocycles. The number of nitrogens with zero attached hydrogens (tertiary/aromatic N) is 2. The molecule has 1 unspecified atom stereocenters. The Morgan fingerprint density at radius 1 is 1.67 bits per heavy atom. The molecule has 1 aromatic rings. The number of anilines is 2. The van der Waals surface area contributed by atoms with Crippen LogP contribution in [0.3, 0.4) is 0 Å². The van der Waals surface area contributed by atoms with E-state index >= 15 is 0 Å². The van der Waals surface area contributed by atoms with E-state index in [-0.39, 0.29) is 11.1 Å². The van der Waals surface area contributed by atoms with Gasteiger partial charge in [0, 0.05) is 6.07 Å². The molecule has 1 aromatic heterocycles. The topological polar surface area (TPSA) is 107 Å². The zero-order valence-electron chi connectivity index (χ0n) is 8.20. The minimum absolute atomic E-state index is 0.0457. The van der Waals surface area contributed by atoms with Crippen LogP contribution in [0.2, 0.25) is 5.15 Å². The number of carbonyl (C=O) groups excluding carboxylic acids is 1. The maximum absolute atomic E-state index is 11.0. The molecule has 0 bridgehead atoms. The normalized spacial score (nSPS) is 12.1. The van der Waals surface area contributed by atoms with Crippen LogP contribution in [-0.2, 0) is 4.79 Å². The Labute approximate surface area is 92.0 Å². The molecule has 15 heavy (non-hydrogen) atoms. The summed E-state index contributed by atoms with van der Waals surface area (Å²) in [6.07, 6.45) is 0.552. The number of halogens is 1. The van der Waals surface area contributed by atoms with Gasteiger partial charge in [-0.1, -0.05) is 18.5 Å². The van der Waals surface area contributed by atoms with Gasteiger partial charge in [0.05, 0.1) is 0 Å². The average molecular weight is 230 g/mol. The highest BCUT2D eigenvalue weighted by Crippen LogP contribution is 2.13. The summed E-state index contributed by atoms with van der Waals surface area (Å²) in [6.45, 7) is 1.83. The number of rotatable bonds is 4. The van der Waals surface area contributed by atoms with Crippen LogP contribution in [0.5, 0.6) is 0 Å². The Balaban J connectivity index is 2.83. The van der Waals surface area contributed by atoms with Gasteiger partial charge in [-0.25, -0.2) is 4.98 Å². The van der Waals surface area contributed by atoms with E-state index in [2.05, 4.69) is 15.3 Å². The Morgan fingerprint density at radius 3 is 2.80 bits per heavy atom. The molecular weight excluding hydrogens is 218 g/mol. The van der Waals surface area contributed by atoms with Gasteiger partial charge < -0.3 is 16.8 Å². The van der Waals surface area contributed by atoms with Crippen LogP contribution in [0, 0.1) is 0 Å². The fourth-order valence-corrected chi connectivity index (χ4v) is 1.25. The van der Waals surface area contributed by atoms with Crippen molar-refractivity contribution in [3.8, 4) is 0 Å². The molecule has 0 aromatic carbocycles. The predicted octanol–water partition coefficient (Wildman–Crippen LogP) is 0.388. The number of aromatic nitrogens is 2. The number of nitrogens with two attached hydrogens (primary N) is 2. The van der Waals surface area contributed by atoms with Gasteiger partial charge in [-0.15, -0.1) is 0 Å². The summed E-state index contributed by atoms with van der Waals surface area (Å²) in [6, 6.07) is 0.985. The lowest BCUT2D eigenvalue weighted by molar-refractivity contribution is -0.118. The molecular formula is C8H12ClN5O. The van der Waals surface area contributed by atoms with Crippen LogP contribution in [0.4, 0.5) is 11.8 Å². The molecule has 82 valence electrons. The molecule has 0 aliphatic heterocycles. The maximum atomic E-state index is 11.0. The van der Waals surface area contributed by atoms with Gasteiger partial charge >= 0.3 is 0 Å². The number of amides is 1. The zero-order valence-corrected chi connectivity index (χ0v) is 8.95. The van der Waals surface area contributed by atoms with Crippen molar-refractivity contribution >= 4 is 29.3 Å². The number of hydrogen-bond acceptors (Lipinski definition) is 5. The fraction of sp³-hybridized carbons (Fsp3) is 0.375. The quantitative estimate of drug-likeness (QED) is 0.648. The highest BCUT2D eigenvalue weighted by molar-refractivity contribution is 6.29. The Bertz CT molecular complexity index is 350. The number of nitrogens with one attached hydrogen (secondary N) is 1. The van der Waals surface area contributed by atoms with Gasteiger partial charge in [0.15, 0.2) is 0 Å². The van der Waals surface area contributed by atoms with Crippen molar-refractivity contribution in [1.82, 2.24) is 9.97 Å². The number of hydrogen-bond donors (Lipinski definition) is 3. The Kier molecular flexibility index (Phi) is 3.68. The molecule has 0 saturated heterocycles. The first-order valence-electron chi connectivity index (χ1n) is 4.38. The third kappa shape index (κ3) is 3.25. The second kappa shape index (κ2) is 4.79. The first-order chi connectivity index (χ1) is 7.02. The van der Waals surface area contributed by atoms with Gasteiger partial charge in [0.1, 0.15) is 17.0 Å². The van der Waals surface area contributed by atoms with Crippen molar-refractivity contribution in [1.29, 1.82) is 0 Å². The van der Waals surface area contributed by atoms with Crippen molar-refractivity contribution in [2.24, 2.45) is 5.73 Å². The zero-order chi connectivity index (χ0) is 11.4. The average Bonchev–Trinajstić information content (AvgIpc) is 2.12. The molecule has 0 spiro atoms. The monoisotopic (exact) mass is 229 g/mol. The van der Waals surface area contributed by atoms with Crippen LogP contribution < -0.4 is 16.8 Å². The first-order valence-corrected chi connectivity index (χ1v) is 4.76. The summed E-state index contributed by atoms with van der Waals surface area (Å²) < 4.78 is 0. The summed E-state index contributed by atoms with van der Waals surface area (Å²) in [7, 11) is 0. The molecule has 1 amide bonds. The summed E-state index contributed by atoms with van der Waals surface area (Å²) in [5.41, 5.74) is 10.6. The van der Waals surface area contributed by atoms with Gasteiger partial charge in [-0.3, -0.25) is 4.79 Å². The molecule has 1 atom stereocenters. The number of carbonyl (C=O) groups is 1. The van der Waals surface area contributed by atoms with Crippen LogP contribution in [0.25, 0.3) is 0 Å². The number of nitrogen functional groups attached to an aromatic ring is 1. The summed E-state index contributed by atoms with van der Waals surface area (Å²) in [5, 5.41) is 3.03. The highest BCUT2D eigenvalue weighted by atomic mass is 35.5. The van der Waals surface area contributed by atoms with Crippen LogP contribution in [-0.4, -0.2) is 21.9 Å². The summed E-state index contributed by atoms with van der Waals surface area (Å²) in [5.74, 6) is -0.0201. The lowest BCUT2D eigenvalue weighted by Gasteiger charge is -2.13. The van der Waals surface area contributed by atoms with Gasteiger partial charge in [0.2, 0.25) is 11.9 Å². The fourth-order valence-electron chi connectivity index (χ4n) is 1.06. The third-order valence-corrected chi connectivity index (χ3v) is 1.98. The Morgan fingerprint density at radius 2 is 2.33 bits per heavy atom. The minimum Gasteiger partial charge on any atom is -0.368 e. The van der Waals surface area contributed by atoms with Crippen molar-refractivity contribution < 1.29 is 4.79 Å². The molecule has 6 nitrogen and oxygen atoms in total. The highest BCUT2D eigenvalue weighted by Gasteiger charge is 2.13. The van der Waals surface area contributed by atoms with Crippen molar-refractivity contribution in [3.05, 3.63) is 11.2 Å². The second-order valence-electron chi connectivity index (χ2n) is 2.94. The van der Waals surface area contributed by atoms with Crippen LogP contribution in [0.1, 0.15) is 13.3 Å². The van der Waals surface area contributed by atoms with E-state index in [1.807, 2.05) is 6.92 Å². The number of primary amides is 1. The van der Waals surface area contributed by atoms with E-state index in [4.69, 9.17) is 23.1 Å². The second-order valence-corrected chi connectivity index (χ2v) is 3.33. The summed E-state index contributed by atoms with van der Waals surface area (Å²) >= 11 is 5.67. The molecule has 7 heteroatoms. The van der Waals surface area contributed by atoms with Gasteiger partial charge in [0.25, 0.3) is 0 Å². The molecule has 1 rings (SSSR count). The third-order valence-electron chi connectivity index (χ3n) is 1.79. The lowest BCUT2D eigenvalue weighted by Crippen LogP contribution is -2.35. The van der Waals surface area contributed by atoms with Crippen LogP contribution >= 0.6 is 11.6 Å². The molecule has 0 aliphatic rings. The molecule has 0 radical (unpaired) electrons. The van der Waals surface area contributed by atoms with Crippen molar-refractivity contribution in [2.75, 3.05) is 11.1 Å². The minimum atomic E-state index is -0.490.